The minimum Gasteiger partial charge on any atom is -0.406 e. The third-order valence-corrected chi connectivity index (χ3v) is 3.32. The highest BCUT2D eigenvalue weighted by molar-refractivity contribution is 6.35. The van der Waals surface area contributed by atoms with Crippen LogP contribution < -0.4 is 4.74 Å². The van der Waals surface area contributed by atoms with Gasteiger partial charge in [0.05, 0.1) is 0 Å². The normalized spacial score (nSPS) is 11.8. The van der Waals surface area contributed by atoms with Crippen molar-refractivity contribution < 1.29 is 17.9 Å². The number of halogens is 4. The first kappa shape index (κ1) is 13.8. The molecule has 0 fully saturated rings. The molecule has 0 aliphatic carbocycles. The van der Waals surface area contributed by atoms with Crippen molar-refractivity contribution in [3.05, 3.63) is 53.6 Å². The number of ether oxygens (including phenoxy) is 1. The molecule has 3 rings (SSSR count). The lowest BCUT2D eigenvalue weighted by Gasteiger charge is -2.09. The van der Waals surface area contributed by atoms with Crippen LogP contribution in [0.2, 0.25) is 5.02 Å². The maximum absolute atomic E-state index is 12.2. The predicted octanol–water partition coefficient (Wildman–Crippen LogP) is 5.39. The van der Waals surface area contributed by atoms with Gasteiger partial charge in [0.25, 0.3) is 0 Å². The number of hydrogen-bond donors (Lipinski definition) is 1. The summed E-state index contributed by atoms with van der Waals surface area (Å²) in [4.78, 5) is 3.12. The van der Waals surface area contributed by atoms with Crippen LogP contribution in [-0.2, 0) is 0 Å². The van der Waals surface area contributed by atoms with Crippen LogP contribution in [0, 0.1) is 0 Å². The van der Waals surface area contributed by atoms with Gasteiger partial charge < -0.3 is 9.72 Å². The van der Waals surface area contributed by atoms with Crippen LogP contribution in [0.25, 0.3) is 22.2 Å². The molecule has 21 heavy (non-hydrogen) atoms. The Morgan fingerprint density at radius 1 is 1.00 bits per heavy atom. The molecule has 0 aliphatic rings. The lowest BCUT2D eigenvalue weighted by atomic mass is 10.1. The number of fused-ring (bicyclic) bond motifs is 1. The highest BCUT2D eigenvalue weighted by atomic mass is 35.5. The number of aromatic amines is 1. The lowest BCUT2D eigenvalue weighted by Crippen LogP contribution is -2.17. The van der Waals surface area contributed by atoms with Crippen molar-refractivity contribution >= 4 is 22.5 Å². The van der Waals surface area contributed by atoms with E-state index in [0.717, 1.165) is 10.9 Å². The number of alkyl halides is 3. The van der Waals surface area contributed by atoms with E-state index < -0.39 is 6.36 Å². The van der Waals surface area contributed by atoms with Crippen LogP contribution in [0.3, 0.4) is 0 Å². The van der Waals surface area contributed by atoms with Crippen molar-refractivity contribution in [3.8, 4) is 17.0 Å². The van der Waals surface area contributed by atoms with E-state index in [0.29, 0.717) is 16.3 Å². The average Bonchev–Trinajstić information content (AvgIpc) is 2.82. The Morgan fingerprint density at radius 2 is 1.76 bits per heavy atom. The molecule has 0 atom stereocenters. The topological polar surface area (TPSA) is 25.0 Å². The third-order valence-electron chi connectivity index (χ3n) is 2.99. The first-order valence-corrected chi connectivity index (χ1v) is 6.43. The number of rotatable bonds is 2. The quantitative estimate of drug-likeness (QED) is 0.674. The predicted molar refractivity (Wildman–Crippen MR) is 75.4 cm³/mol. The summed E-state index contributed by atoms with van der Waals surface area (Å²) in [5, 5.41) is 1.40. The molecular weight excluding hydrogens is 303 g/mol. The fourth-order valence-corrected chi connectivity index (χ4v) is 2.36. The first-order valence-electron chi connectivity index (χ1n) is 6.06. The van der Waals surface area contributed by atoms with Crippen LogP contribution in [0.1, 0.15) is 0 Å². The molecule has 0 unspecified atom stereocenters. The minimum atomic E-state index is -4.71. The van der Waals surface area contributed by atoms with Gasteiger partial charge in [-0.05, 0) is 30.3 Å². The zero-order chi connectivity index (χ0) is 15.0. The van der Waals surface area contributed by atoms with E-state index in [2.05, 4.69) is 9.72 Å². The summed E-state index contributed by atoms with van der Waals surface area (Å²) in [5.41, 5.74) is 2.08. The molecule has 3 aromatic rings. The summed E-state index contributed by atoms with van der Waals surface area (Å²) in [6, 6.07) is 13.0. The third kappa shape index (κ3) is 2.97. The molecule has 1 aromatic heterocycles. The van der Waals surface area contributed by atoms with E-state index in [1.807, 2.05) is 6.07 Å². The molecule has 0 spiro atoms. The molecule has 2 aromatic carbocycles. The Balaban J connectivity index is 2.02. The van der Waals surface area contributed by atoms with E-state index in [-0.39, 0.29) is 5.75 Å². The molecule has 6 heteroatoms. The van der Waals surface area contributed by atoms with E-state index in [1.165, 1.54) is 18.2 Å². The fraction of sp³-hybridized carbons (Fsp3) is 0.0667. The Labute approximate surface area is 123 Å². The SMILES string of the molecule is FC(F)(F)Oc1cccc(-c2cc3c(Cl)cccc3[nH]2)c1. The monoisotopic (exact) mass is 311 g/mol. The molecule has 1 heterocycles. The van der Waals surface area contributed by atoms with E-state index in [9.17, 15) is 13.2 Å². The molecule has 0 aliphatic heterocycles. The molecule has 0 amide bonds. The Bertz CT molecular complexity index is 795. The minimum absolute atomic E-state index is 0.259. The summed E-state index contributed by atoms with van der Waals surface area (Å²) in [6.45, 7) is 0. The lowest BCUT2D eigenvalue weighted by molar-refractivity contribution is -0.274. The zero-order valence-corrected chi connectivity index (χ0v) is 11.3. The smallest absolute Gasteiger partial charge is 0.406 e. The Morgan fingerprint density at radius 3 is 2.48 bits per heavy atom. The number of H-pyrrole nitrogens is 1. The second kappa shape index (κ2) is 5.00. The number of aromatic nitrogens is 1. The molecule has 0 radical (unpaired) electrons. The van der Waals surface area contributed by atoms with E-state index >= 15 is 0 Å². The van der Waals surface area contributed by atoms with Crippen LogP contribution in [0.15, 0.2) is 48.5 Å². The van der Waals surface area contributed by atoms with Crippen LogP contribution >= 0.6 is 11.6 Å². The van der Waals surface area contributed by atoms with Crippen molar-refractivity contribution in [2.45, 2.75) is 6.36 Å². The van der Waals surface area contributed by atoms with Crippen LogP contribution in [0.4, 0.5) is 13.2 Å². The summed E-state index contributed by atoms with van der Waals surface area (Å²) >= 11 is 6.08. The standard InChI is InChI=1S/C15H9ClF3NO/c16-12-5-2-6-13-11(12)8-14(20-13)9-3-1-4-10(7-9)21-15(17,18)19/h1-8,20H. The fourth-order valence-electron chi connectivity index (χ4n) is 2.13. The Hall–Kier alpha value is -2.14. The molecule has 0 bridgehead atoms. The van der Waals surface area contributed by atoms with Crippen LogP contribution in [-0.4, -0.2) is 11.3 Å². The molecule has 0 saturated carbocycles. The van der Waals surface area contributed by atoms with Gasteiger partial charge in [0.15, 0.2) is 0 Å². The van der Waals surface area contributed by atoms with E-state index in [1.54, 1.807) is 24.3 Å². The van der Waals surface area contributed by atoms with Gasteiger partial charge in [-0.15, -0.1) is 13.2 Å². The maximum atomic E-state index is 12.2. The number of nitrogens with one attached hydrogen (secondary N) is 1. The molecule has 1 N–H and O–H groups in total. The maximum Gasteiger partial charge on any atom is 0.573 e. The summed E-state index contributed by atoms with van der Waals surface area (Å²) in [7, 11) is 0. The van der Waals surface area contributed by atoms with Crippen molar-refractivity contribution in [1.29, 1.82) is 0 Å². The van der Waals surface area contributed by atoms with Gasteiger partial charge in [-0.25, -0.2) is 0 Å². The van der Waals surface area contributed by atoms with Gasteiger partial charge in [0, 0.05) is 27.2 Å². The van der Waals surface area contributed by atoms with Crippen molar-refractivity contribution in [1.82, 2.24) is 4.98 Å². The highest BCUT2D eigenvalue weighted by Crippen LogP contribution is 2.31. The molecule has 2 nitrogen and oxygen atoms in total. The molecular formula is C15H9ClF3NO. The Kier molecular flexibility index (Phi) is 3.29. The van der Waals surface area contributed by atoms with Gasteiger partial charge in [-0.1, -0.05) is 29.8 Å². The van der Waals surface area contributed by atoms with Crippen molar-refractivity contribution in [2.24, 2.45) is 0 Å². The molecule has 108 valence electrons. The van der Waals surface area contributed by atoms with E-state index in [4.69, 9.17) is 11.6 Å². The van der Waals surface area contributed by atoms with Gasteiger partial charge in [0.1, 0.15) is 5.75 Å². The average molecular weight is 312 g/mol. The summed E-state index contributed by atoms with van der Waals surface area (Å²) in [6.07, 6.45) is -4.71. The van der Waals surface area contributed by atoms with Crippen molar-refractivity contribution in [3.63, 3.8) is 0 Å². The summed E-state index contributed by atoms with van der Waals surface area (Å²) < 4.78 is 40.7. The van der Waals surface area contributed by atoms with Crippen LogP contribution in [0.5, 0.6) is 5.75 Å². The number of benzene rings is 2. The van der Waals surface area contributed by atoms with Gasteiger partial charge >= 0.3 is 6.36 Å². The molecule has 0 saturated heterocycles. The van der Waals surface area contributed by atoms with Gasteiger partial charge in [0.2, 0.25) is 0 Å². The van der Waals surface area contributed by atoms with Gasteiger partial charge in [-0.2, -0.15) is 0 Å². The summed E-state index contributed by atoms with van der Waals surface area (Å²) in [5.74, 6) is -0.259. The first-order chi connectivity index (χ1) is 9.92. The second-order valence-corrected chi connectivity index (χ2v) is 4.87. The largest absolute Gasteiger partial charge is 0.573 e. The van der Waals surface area contributed by atoms with Gasteiger partial charge in [-0.3, -0.25) is 0 Å². The zero-order valence-electron chi connectivity index (χ0n) is 10.5. The van der Waals surface area contributed by atoms with Crippen molar-refractivity contribution in [2.75, 3.05) is 0 Å². The number of hydrogen-bond acceptors (Lipinski definition) is 1. The highest BCUT2D eigenvalue weighted by Gasteiger charge is 2.31. The second-order valence-electron chi connectivity index (χ2n) is 4.46.